The molecule has 2 nitrogen and oxygen atoms in total. The van der Waals surface area contributed by atoms with Gasteiger partial charge in [-0.05, 0) is 6.07 Å². The Morgan fingerprint density at radius 3 is 3.25 bits per heavy atom. The SMILES string of the molecule is [c]1[nH][nH]c2cccc1-2. The van der Waals surface area contributed by atoms with E-state index in [0.29, 0.717) is 0 Å². The number of H-pyrrole nitrogens is 2. The largest absolute Gasteiger partial charge is 0.300 e. The Labute approximate surface area is 46.9 Å². The molecule has 0 unspecified atom stereocenters. The van der Waals surface area contributed by atoms with Crippen molar-refractivity contribution in [2.24, 2.45) is 0 Å². The monoisotopic (exact) mass is 105 g/mol. The molecule has 1 aliphatic carbocycles. The Morgan fingerprint density at radius 2 is 2.38 bits per heavy atom. The number of fused-ring (bicyclic) bond motifs is 1. The summed E-state index contributed by atoms with van der Waals surface area (Å²) in [6.45, 7) is 0. The second-order valence-electron chi connectivity index (χ2n) is 1.73. The number of hydrogen-bond donors (Lipinski definition) is 2. The summed E-state index contributed by atoms with van der Waals surface area (Å²) in [4.78, 5) is 0. The molecule has 0 atom stereocenters. The van der Waals surface area contributed by atoms with Crippen LogP contribution in [0, 0.1) is 6.20 Å². The molecular weight excluding hydrogens is 100 g/mol. The summed E-state index contributed by atoms with van der Waals surface area (Å²) in [7, 11) is 0. The van der Waals surface area contributed by atoms with Gasteiger partial charge in [-0.25, -0.2) is 0 Å². The van der Waals surface area contributed by atoms with Gasteiger partial charge in [0, 0.05) is 5.56 Å². The Morgan fingerprint density at radius 1 is 1.38 bits per heavy atom. The molecule has 1 aliphatic heterocycles. The molecule has 0 bridgehead atoms. The summed E-state index contributed by atoms with van der Waals surface area (Å²) in [6.07, 6.45) is 2.92. The molecule has 2 heteroatoms. The lowest BCUT2D eigenvalue weighted by atomic mass is 10.3. The second-order valence-corrected chi connectivity index (χ2v) is 1.73. The molecule has 2 rings (SSSR count). The fraction of sp³-hybridized carbons (Fsp3) is 0. The van der Waals surface area contributed by atoms with Crippen molar-refractivity contribution in [3.63, 3.8) is 0 Å². The Hall–Kier alpha value is -1.18. The van der Waals surface area contributed by atoms with E-state index in [9.17, 15) is 0 Å². The number of rotatable bonds is 0. The highest BCUT2D eigenvalue weighted by Crippen LogP contribution is 2.16. The van der Waals surface area contributed by atoms with E-state index in [0.717, 1.165) is 11.3 Å². The molecule has 0 spiro atoms. The van der Waals surface area contributed by atoms with Crippen molar-refractivity contribution >= 4 is 0 Å². The van der Waals surface area contributed by atoms with Gasteiger partial charge in [0.1, 0.15) is 0 Å². The van der Waals surface area contributed by atoms with E-state index in [4.69, 9.17) is 0 Å². The summed E-state index contributed by atoms with van der Waals surface area (Å²) in [5.41, 5.74) is 2.23. The van der Waals surface area contributed by atoms with Crippen LogP contribution in [0.15, 0.2) is 18.2 Å². The maximum absolute atomic E-state index is 2.92. The van der Waals surface area contributed by atoms with Crippen molar-refractivity contribution in [1.82, 2.24) is 10.2 Å². The van der Waals surface area contributed by atoms with Gasteiger partial charge < -0.3 is 5.10 Å². The molecule has 39 valence electrons. The molecule has 0 aromatic rings. The first-order valence-corrected chi connectivity index (χ1v) is 2.49. The lowest BCUT2D eigenvalue weighted by molar-refractivity contribution is 1.10. The topological polar surface area (TPSA) is 31.6 Å². The van der Waals surface area contributed by atoms with Crippen molar-refractivity contribution < 1.29 is 0 Å². The summed E-state index contributed by atoms with van der Waals surface area (Å²) >= 11 is 0. The van der Waals surface area contributed by atoms with Crippen molar-refractivity contribution in [2.45, 2.75) is 0 Å². The predicted molar refractivity (Wildman–Crippen MR) is 30.6 cm³/mol. The van der Waals surface area contributed by atoms with Gasteiger partial charge >= 0.3 is 0 Å². The van der Waals surface area contributed by atoms with Crippen LogP contribution < -0.4 is 0 Å². The minimum Gasteiger partial charge on any atom is -0.300 e. The zero-order valence-corrected chi connectivity index (χ0v) is 4.23. The third kappa shape index (κ3) is 0.320. The van der Waals surface area contributed by atoms with E-state index in [1.54, 1.807) is 0 Å². The third-order valence-electron chi connectivity index (χ3n) is 1.21. The molecule has 2 aliphatic rings. The van der Waals surface area contributed by atoms with Crippen LogP contribution in [0.3, 0.4) is 0 Å². The number of aromatic amines is 2. The Kier molecular flexibility index (Phi) is 0.545. The molecule has 1 heterocycles. The molecular formula is C6H5N2. The highest BCUT2D eigenvalue weighted by Gasteiger charge is 1.98. The first kappa shape index (κ1) is 3.78. The molecule has 2 N–H and O–H groups in total. The van der Waals surface area contributed by atoms with Gasteiger partial charge in [0.05, 0.1) is 11.9 Å². The normalized spacial score (nSPS) is 10.5. The summed E-state index contributed by atoms with van der Waals surface area (Å²) < 4.78 is 0. The highest BCUT2D eigenvalue weighted by molar-refractivity contribution is 5.59. The summed E-state index contributed by atoms with van der Waals surface area (Å²) in [6, 6.07) is 6.00. The van der Waals surface area contributed by atoms with Gasteiger partial charge in [0.15, 0.2) is 0 Å². The summed E-state index contributed by atoms with van der Waals surface area (Å²) in [5.74, 6) is 0. The van der Waals surface area contributed by atoms with Crippen LogP contribution in [0.1, 0.15) is 0 Å². The van der Waals surface area contributed by atoms with Gasteiger partial charge in [0.2, 0.25) is 0 Å². The van der Waals surface area contributed by atoms with E-state index in [1.807, 2.05) is 18.2 Å². The molecule has 1 radical (unpaired) electrons. The molecule has 0 saturated carbocycles. The highest BCUT2D eigenvalue weighted by atomic mass is 15.1. The van der Waals surface area contributed by atoms with Crippen molar-refractivity contribution in [3.8, 4) is 11.3 Å². The first-order valence-electron chi connectivity index (χ1n) is 2.49. The van der Waals surface area contributed by atoms with Gasteiger partial charge in [0.25, 0.3) is 0 Å². The standard InChI is InChI=1S/C6H5N2/c1-2-5-4-7-8-6(5)3-1/h1-3,7-8H. The van der Waals surface area contributed by atoms with Crippen LogP contribution in [0.5, 0.6) is 0 Å². The smallest absolute Gasteiger partial charge is 0.0889 e. The van der Waals surface area contributed by atoms with Gasteiger partial charge in [-0.1, -0.05) is 12.1 Å². The average Bonchev–Trinajstić information content (AvgIpc) is 2.15. The predicted octanol–water partition coefficient (Wildman–Crippen LogP) is 1.25. The third-order valence-corrected chi connectivity index (χ3v) is 1.21. The lowest BCUT2D eigenvalue weighted by Crippen LogP contribution is -1.62. The average molecular weight is 105 g/mol. The van der Waals surface area contributed by atoms with Crippen LogP contribution in [0.2, 0.25) is 0 Å². The number of hydrogen-bond acceptors (Lipinski definition) is 0. The van der Waals surface area contributed by atoms with E-state index >= 15 is 0 Å². The van der Waals surface area contributed by atoms with Crippen molar-refractivity contribution in [1.29, 1.82) is 0 Å². The molecule has 8 heavy (non-hydrogen) atoms. The molecule has 0 amide bonds. The van der Waals surface area contributed by atoms with Crippen LogP contribution in [-0.4, -0.2) is 10.2 Å². The second kappa shape index (κ2) is 1.15. The lowest BCUT2D eigenvalue weighted by Gasteiger charge is -1.76. The van der Waals surface area contributed by atoms with Crippen LogP contribution >= 0.6 is 0 Å². The van der Waals surface area contributed by atoms with Crippen LogP contribution in [0.25, 0.3) is 11.3 Å². The number of aromatic nitrogens is 2. The summed E-state index contributed by atoms with van der Waals surface area (Å²) in [5, 5.41) is 5.69. The fourth-order valence-corrected chi connectivity index (χ4v) is 0.804. The van der Waals surface area contributed by atoms with E-state index < -0.39 is 0 Å². The number of nitrogens with one attached hydrogen (secondary N) is 2. The fourth-order valence-electron chi connectivity index (χ4n) is 0.804. The maximum atomic E-state index is 2.92. The Balaban J connectivity index is 2.84. The quantitative estimate of drug-likeness (QED) is 0.505. The van der Waals surface area contributed by atoms with Crippen molar-refractivity contribution in [3.05, 3.63) is 24.4 Å². The minimum atomic E-state index is 1.12. The molecule has 0 aromatic heterocycles. The first-order chi connectivity index (χ1) is 3.97. The minimum absolute atomic E-state index is 1.12. The molecule has 0 saturated heterocycles. The van der Waals surface area contributed by atoms with Gasteiger partial charge in [-0.2, -0.15) is 0 Å². The molecule has 0 fully saturated rings. The molecule has 0 aromatic carbocycles. The van der Waals surface area contributed by atoms with Crippen molar-refractivity contribution in [2.75, 3.05) is 0 Å². The zero-order valence-electron chi connectivity index (χ0n) is 4.23. The van der Waals surface area contributed by atoms with Gasteiger partial charge in [-0.3, -0.25) is 5.10 Å². The maximum Gasteiger partial charge on any atom is 0.0889 e. The van der Waals surface area contributed by atoms with E-state index in [1.165, 1.54) is 0 Å². The van der Waals surface area contributed by atoms with Crippen LogP contribution in [0.4, 0.5) is 0 Å². The van der Waals surface area contributed by atoms with Crippen LogP contribution in [-0.2, 0) is 0 Å². The van der Waals surface area contributed by atoms with E-state index in [-0.39, 0.29) is 0 Å². The Bertz CT molecular complexity index is 198. The van der Waals surface area contributed by atoms with Gasteiger partial charge in [-0.15, -0.1) is 0 Å². The zero-order chi connectivity index (χ0) is 5.40. The van der Waals surface area contributed by atoms with E-state index in [2.05, 4.69) is 16.4 Å².